The van der Waals surface area contributed by atoms with E-state index in [0.717, 1.165) is 12.8 Å². The van der Waals surface area contributed by atoms with Gasteiger partial charge in [-0.05, 0) is 12.8 Å². The van der Waals surface area contributed by atoms with Crippen LogP contribution in [-0.2, 0) is 19.0 Å². The third-order valence-electron chi connectivity index (χ3n) is 1.27. The molecule has 0 spiro atoms. The van der Waals surface area contributed by atoms with Gasteiger partial charge in [-0.1, -0.05) is 0 Å². The van der Waals surface area contributed by atoms with Crippen LogP contribution in [0.15, 0.2) is 0 Å². The number of rotatable bonds is 7. The maximum atomic E-state index is 10.7. The first-order valence-electron chi connectivity index (χ1n) is 3.94. The highest BCUT2D eigenvalue weighted by Crippen LogP contribution is 1.91. The topological polar surface area (TPSA) is 44.8 Å². The summed E-state index contributed by atoms with van der Waals surface area (Å²) in [7, 11) is 3.11. The summed E-state index contributed by atoms with van der Waals surface area (Å²) in [6.45, 7) is 1.19. The van der Waals surface area contributed by atoms with Gasteiger partial charge in [-0.3, -0.25) is 0 Å². The fraction of sp³-hybridized carbons (Fsp3) is 0.875. The molecule has 0 N–H and O–H groups in total. The molecule has 4 nitrogen and oxygen atoms in total. The second kappa shape index (κ2) is 8.49. The zero-order valence-electron chi connectivity index (χ0n) is 7.67. The summed E-state index contributed by atoms with van der Waals surface area (Å²) in [5.41, 5.74) is 0. The van der Waals surface area contributed by atoms with Crippen molar-refractivity contribution in [1.82, 2.24) is 0 Å². The lowest BCUT2D eigenvalue weighted by atomic mass is 10.3. The molecule has 0 aliphatic heterocycles. The number of methoxy groups -OCH3 is 2. The van der Waals surface area contributed by atoms with Crippen molar-refractivity contribution in [3.63, 3.8) is 0 Å². The third-order valence-corrected chi connectivity index (χ3v) is 1.27. The summed E-state index contributed by atoms with van der Waals surface area (Å²) in [6.07, 6.45) is 1.75. The molecule has 0 bridgehead atoms. The Morgan fingerprint density at radius 1 is 1.08 bits per heavy atom. The second-order valence-corrected chi connectivity index (χ2v) is 2.35. The van der Waals surface area contributed by atoms with Crippen LogP contribution in [0.25, 0.3) is 0 Å². The third kappa shape index (κ3) is 7.50. The average Bonchev–Trinajstić information content (AvgIpc) is 2.05. The highest BCUT2D eigenvalue weighted by molar-refractivity contribution is 5.70. The Bertz CT molecular complexity index is 114. The SMILES string of the molecule is COCCCCOC(=O)COC. The molecule has 0 atom stereocenters. The zero-order valence-corrected chi connectivity index (χ0v) is 7.67. The molecule has 0 amide bonds. The van der Waals surface area contributed by atoms with Gasteiger partial charge in [0.25, 0.3) is 0 Å². The fourth-order valence-corrected chi connectivity index (χ4v) is 0.694. The number of esters is 1. The van der Waals surface area contributed by atoms with E-state index in [2.05, 4.69) is 4.74 Å². The van der Waals surface area contributed by atoms with Crippen LogP contribution in [0.4, 0.5) is 0 Å². The van der Waals surface area contributed by atoms with E-state index in [-0.39, 0.29) is 12.6 Å². The van der Waals surface area contributed by atoms with E-state index in [1.54, 1.807) is 7.11 Å². The molecular formula is C8H16O4. The maximum Gasteiger partial charge on any atom is 0.332 e. The van der Waals surface area contributed by atoms with Crippen molar-refractivity contribution in [3.8, 4) is 0 Å². The Hall–Kier alpha value is -0.610. The van der Waals surface area contributed by atoms with E-state index in [0.29, 0.717) is 13.2 Å². The van der Waals surface area contributed by atoms with Gasteiger partial charge in [0.05, 0.1) is 6.61 Å². The van der Waals surface area contributed by atoms with Crippen molar-refractivity contribution in [2.45, 2.75) is 12.8 Å². The minimum atomic E-state index is -0.310. The first kappa shape index (κ1) is 11.4. The average molecular weight is 176 g/mol. The summed E-state index contributed by atoms with van der Waals surface area (Å²) in [6, 6.07) is 0. The van der Waals surface area contributed by atoms with Gasteiger partial charge >= 0.3 is 5.97 Å². The zero-order chi connectivity index (χ0) is 9.23. The van der Waals surface area contributed by atoms with Crippen LogP contribution in [0.3, 0.4) is 0 Å². The van der Waals surface area contributed by atoms with Crippen LogP contribution in [-0.4, -0.2) is 40.0 Å². The Morgan fingerprint density at radius 3 is 2.33 bits per heavy atom. The summed E-state index contributed by atoms with van der Waals surface area (Å²) in [4.78, 5) is 10.7. The van der Waals surface area contributed by atoms with Crippen LogP contribution in [0.5, 0.6) is 0 Å². The van der Waals surface area contributed by atoms with Crippen LogP contribution >= 0.6 is 0 Å². The van der Waals surface area contributed by atoms with Gasteiger partial charge < -0.3 is 14.2 Å². The van der Waals surface area contributed by atoms with Gasteiger partial charge in [0, 0.05) is 20.8 Å². The molecule has 0 aliphatic rings. The molecule has 0 heterocycles. The lowest BCUT2D eigenvalue weighted by Crippen LogP contribution is -2.12. The number of hydrogen-bond acceptors (Lipinski definition) is 4. The smallest absolute Gasteiger partial charge is 0.332 e. The molecule has 12 heavy (non-hydrogen) atoms. The molecule has 0 aliphatic carbocycles. The molecule has 0 aromatic rings. The highest BCUT2D eigenvalue weighted by atomic mass is 16.6. The van der Waals surface area contributed by atoms with E-state index in [9.17, 15) is 4.79 Å². The van der Waals surface area contributed by atoms with Crippen molar-refractivity contribution in [1.29, 1.82) is 0 Å². The molecule has 0 radical (unpaired) electrons. The van der Waals surface area contributed by atoms with Crippen molar-refractivity contribution < 1.29 is 19.0 Å². The van der Waals surface area contributed by atoms with Gasteiger partial charge in [-0.25, -0.2) is 4.79 Å². The molecule has 0 aromatic carbocycles. The molecular weight excluding hydrogens is 160 g/mol. The van der Waals surface area contributed by atoms with Gasteiger partial charge in [-0.15, -0.1) is 0 Å². The van der Waals surface area contributed by atoms with Gasteiger partial charge in [0.2, 0.25) is 0 Å². The number of carbonyl (C=O) groups is 1. The molecule has 0 aromatic heterocycles. The minimum absolute atomic E-state index is 0.0320. The summed E-state index contributed by atoms with van der Waals surface area (Å²) >= 11 is 0. The largest absolute Gasteiger partial charge is 0.464 e. The van der Waals surface area contributed by atoms with Crippen LogP contribution < -0.4 is 0 Å². The summed E-state index contributed by atoms with van der Waals surface area (Å²) in [5.74, 6) is -0.310. The maximum absolute atomic E-state index is 10.7. The monoisotopic (exact) mass is 176 g/mol. The summed E-state index contributed by atoms with van der Waals surface area (Å²) < 4.78 is 14.2. The Morgan fingerprint density at radius 2 is 1.75 bits per heavy atom. The molecule has 0 saturated heterocycles. The Labute approximate surface area is 72.8 Å². The molecule has 0 rings (SSSR count). The van der Waals surface area contributed by atoms with E-state index in [1.165, 1.54) is 7.11 Å². The normalized spacial score (nSPS) is 9.83. The quantitative estimate of drug-likeness (QED) is 0.421. The lowest BCUT2D eigenvalue weighted by Gasteiger charge is -2.02. The van der Waals surface area contributed by atoms with E-state index >= 15 is 0 Å². The number of unbranched alkanes of at least 4 members (excludes halogenated alkanes) is 1. The van der Waals surface area contributed by atoms with Crippen molar-refractivity contribution in [2.75, 3.05) is 34.0 Å². The Balaban J connectivity index is 3.03. The highest BCUT2D eigenvalue weighted by Gasteiger charge is 1.99. The first-order valence-corrected chi connectivity index (χ1v) is 3.94. The molecule has 72 valence electrons. The van der Waals surface area contributed by atoms with E-state index in [4.69, 9.17) is 9.47 Å². The minimum Gasteiger partial charge on any atom is -0.464 e. The van der Waals surface area contributed by atoms with Crippen LogP contribution in [0.1, 0.15) is 12.8 Å². The van der Waals surface area contributed by atoms with Crippen molar-refractivity contribution in [3.05, 3.63) is 0 Å². The van der Waals surface area contributed by atoms with Gasteiger partial charge in [0.15, 0.2) is 0 Å². The standard InChI is InChI=1S/C8H16O4/c1-10-5-3-4-6-12-8(9)7-11-2/h3-7H2,1-2H3. The molecule has 0 fully saturated rings. The van der Waals surface area contributed by atoms with Gasteiger partial charge in [0.1, 0.15) is 6.61 Å². The molecule has 0 unspecified atom stereocenters. The van der Waals surface area contributed by atoms with E-state index < -0.39 is 0 Å². The first-order chi connectivity index (χ1) is 5.81. The second-order valence-electron chi connectivity index (χ2n) is 2.35. The number of carbonyl (C=O) groups excluding carboxylic acids is 1. The van der Waals surface area contributed by atoms with Gasteiger partial charge in [-0.2, -0.15) is 0 Å². The molecule has 4 heteroatoms. The molecule has 0 saturated carbocycles. The fourth-order valence-electron chi connectivity index (χ4n) is 0.694. The number of hydrogen-bond donors (Lipinski definition) is 0. The predicted octanol–water partition coefficient (Wildman–Crippen LogP) is 0.603. The summed E-state index contributed by atoms with van der Waals surface area (Å²) in [5, 5.41) is 0. The van der Waals surface area contributed by atoms with Crippen molar-refractivity contribution >= 4 is 5.97 Å². The van der Waals surface area contributed by atoms with E-state index in [1.807, 2.05) is 0 Å². The lowest BCUT2D eigenvalue weighted by molar-refractivity contribution is -0.148. The Kier molecular flexibility index (Phi) is 8.05. The van der Waals surface area contributed by atoms with Crippen molar-refractivity contribution in [2.24, 2.45) is 0 Å². The number of ether oxygens (including phenoxy) is 3. The van der Waals surface area contributed by atoms with Crippen LogP contribution in [0.2, 0.25) is 0 Å². The van der Waals surface area contributed by atoms with Crippen LogP contribution in [0, 0.1) is 0 Å². The predicted molar refractivity (Wildman–Crippen MR) is 43.9 cm³/mol.